The van der Waals surface area contributed by atoms with Crippen molar-refractivity contribution in [3.8, 4) is 0 Å². The summed E-state index contributed by atoms with van der Waals surface area (Å²) < 4.78 is 10.9. The molecule has 1 nitrogen and oxygen atoms in total. The summed E-state index contributed by atoms with van der Waals surface area (Å²) in [6, 6.07) is 0. The predicted octanol–water partition coefficient (Wildman–Crippen LogP) is 1.09. The van der Waals surface area contributed by atoms with Gasteiger partial charge in [-0.3, -0.25) is 0 Å². The Morgan fingerprint density at radius 3 is 2.50 bits per heavy atom. The van der Waals surface area contributed by atoms with Crippen LogP contribution >= 0.6 is 11.6 Å². The average molecular weight is 112 g/mol. The van der Waals surface area contributed by atoms with E-state index >= 15 is 0 Å². The van der Waals surface area contributed by atoms with Crippen molar-refractivity contribution in [2.45, 2.75) is 6.42 Å². The molecule has 38 valence electrons. The van der Waals surface area contributed by atoms with Crippen molar-refractivity contribution in [3.63, 3.8) is 0 Å². The van der Waals surface area contributed by atoms with Gasteiger partial charge in [0.05, 0.1) is 0 Å². The topological polar surface area (TPSA) is 12.0 Å². The minimum Gasteiger partial charge on any atom is -0.159 e. The summed E-state index contributed by atoms with van der Waals surface area (Å²) in [4.78, 5) is 0. The quantitative estimate of drug-likeness (QED) is 0.327. The first-order chi connectivity index (χ1) is 2.91. The Morgan fingerprint density at radius 1 is 1.67 bits per heavy atom. The van der Waals surface area contributed by atoms with Crippen LogP contribution in [0, 0.1) is 0 Å². The highest BCUT2D eigenvalue weighted by Gasteiger charge is 1.77. The number of hydrogen-bond donors (Lipinski definition) is 1. The molecule has 0 amide bonds. The van der Waals surface area contributed by atoms with Crippen LogP contribution in [0.25, 0.3) is 0 Å². The molecule has 0 aliphatic carbocycles. The minimum absolute atomic E-state index is 0.365. The smallest absolute Gasteiger partial charge is 0.0271 e. The van der Waals surface area contributed by atoms with Gasteiger partial charge in [-0.15, -0.1) is 16.1 Å². The van der Waals surface area contributed by atoms with Crippen molar-refractivity contribution in [1.29, 1.82) is 0 Å². The summed E-state index contributed by atoms with van der Waals surface area (Å²) >= 11 is 5.17. The molecule has 0 saturated carbocycles. The molecule has 0 bridgehead atoms. The lowest BCUT2D eigenvalue weighted by atomic mass is 10.5. The molecule has 0 fully saturated rings. The second kappa shape index (κ2) is 5.18. The van der Waals surface area contributed by atoms with Gasteiger partial charge < -0.3 is 0 Å². The highest BCUT2D eigenvalue weighted by Crippen LogP contribution is 1.79. The summed E-state index contributed by atoms with van der Waals surface area (Å²) in [6.07, 6.45) is 0.693. The van der Waals surface area contributed by atoms with E-state index in [0.717, 1.165) is 0 Å². The largest absolute Gasteiger partial charge is 0.159 e. The Morgan fingerprint density at radius 2 is 2.33 bits per heavy atom. The zero-order valence-electron chi connectivity index (χ0n) is 3.38. The first kappa shape index (κ1) is 6.18. The van der Waals surface area contributed by atoms with Crippen LogP contribution < -0.4 is 5.54 Å². The van der Waals surface area contributed by atoms with Crippen LogP contribution in [0.1, 0.15) is 6.42 Å². The van der Waals surface area contributed by atoms with E-state index in [1.165, 1.54) is 5.54 Å². The van der Waals surface area contributed by atoms with Gasteiger partial charge in [0.15, 0.2) is 0 Å². The van der Waals surface area contributed by atoms with Crippen molar-refractivity contribution < 1.29 is 4.48 Å². The fourth-order valence-electron chi connectivity index (χ4n) is 0.134. The van der Waals surface area contributed by atoms with Crippen LogP contribution in [0.4, 0.5) is 4.48 Å². The second-order valence-corrected chi connectivity index (χ2v) is 1.30. The van der Waals surface area contributed by atoms with Gasteiger partial charge in [-0.05, 0) is 6.42 Å². The van der Waals surface area contributed by atoms with E-state index in [2.05, 4.69) is 0 Å². The van der Waals surface area contributed by atoms with Crippen LogP contribution in [0.15, 0.2) is 0 Å². The van der Waals surface area contributed by atoms with Crippen LogP contribution in [-0.4, -0.2) is 12.4 Å². The molecule has 0 aliphatic heterocycles. The van der Waals surface area contributed by atoms with Gasteiger partial charge in [0, 0.05) is 12.4 Å². The fraction of sp³-hybridized carbons (Fsp3) is 1.00. The van der Waals surface area contributed by atoms with E-state index in [9.17, 15) is 4.48 Å². The molecule has 0 radical (unpaired) electrons. The van der Waals surface area contributed by atoms with E-state index in [4.69, 9.17) is 11.6 Å². The highest BCUT2D eigenvalue weighted by molar-refractivity contribution is 6.17. The first-order valence-electron chi connectivity index (χ1n) is 1.81. The molecule has 6 heavy (non-hydrogen) atoms. The zero-order chi connectivity index (χ0) is 4.83. The fourth-order valence-corrected chi connectivity index (χ4v) is 0.267. The Balaban J connectivity index is 2.34. The molecular formula is C3H7ClFN. The number of alkyl halides is 1. The van der Waals surface area contributed by atoms with Gasteiger partial charge in [-0.25, -0.2) is 0 Å². The number of rotatable bonds is 3. The van der Waals surface area contributed by atoms with Crippen LogP contribution in [0.2, 0.25) is 0 Å². The van der Waals surface area contributed by atoms with E-state index in [1.54, 1.807) is 0 Å². The summed E-state index contributed by atoms with van der Waals surface area (Å²) in [7, 11) is 0. The van der Waals surface area contributed by atoms with E-state index in [-0.39, 0.29) is 0 Å². The number of hydrogen-bond acceptors (Lipinski definition) is 1. The lowest BCUT2D eigenvalue weighted by Crippen LogP contribution is -2.01. The maximum atomic E-state index is 10.9. The second-order valence-electron chi connectivity index (χ2n) is 0.926. The van der Waals surface area contributed by atoms with Gasteiger partial charge in [0.2, 0.25) is 0 Å². The third kappa shape index (κ3) is 4.18. The SMILES string of the molecule is FNCCCCl. The molecule has 0 aromatic heterocycles. The molecule has 0 aromatic rings. The molecule has 0 saturated heterocycles. The maximum Gasteiger partial charge on any atom is 0.0271 e. The Kier molecular flexibility index (Phi) is 5.34. The molecule has 0 spiro atoms. The molecule has 0 aromatic carbocycles. The van der Waals surface area contributed by atoms with Gasteiger partial charge in [0.1, 0.15) is 0 Å². The molecule has 0 atom stereocenters. The molecule has 0 heterocycles. The molecule has 0 rings (SSSR count). The third-order valence-electron chi connectivity index (χ3n) is 0.405. The Bertz CT molecular complexity index is 22.8. The lowest BCUT2D eigenvalue weighted by molar-refractivity contribution is 0.335. The van der Waals surface area contributed by atoms with Gasteiger partial charge in [-0.2, -0.15) is 5.54 Å². The van der Waals surface area contributed by atoms with Crippen LogP contribution in [0.5, 0.6) is 0 Å². The van der Waals surface area contributed by atoms with Gasteiger partial charge in [-0.1, -0.05) is 0 Å². The van der Waals surface area contributed by atoms with Crippen LogP contribution in [-0.2, 0) is 0 Å². The molecule has 3 heteroatoms. The third-order valence-corrected chi connectivity index (χ3v) is 0.672. The number of halogens is 2. The average Bonchev–Trinajstić information content (AvgIpc) is 1.61. The minimum atomic E-state index is 0.365. The summed E-state index contributed by atoms with van der Waals surface area (Å²) in [5.41, 5.74) is 1.48. The van der Waals surface area contributed by atoms with E-state index < -0.39 is 0 Å². The molecule has 1 N–H and O–H groups in total. The maximum absolute atomic E-state index is 10.9. The van der Waals surface area contributed by atoms with Crippen molar-refractivity contribution >= 4 is 11.6 Å². The molecule has 0 unspecified atom stereocenters. The predicted molar refractivity (Wildman–Crippen MR) is 24.4 cm³/mol. The van der Waals surface area contributed by atoms with Crippen LogP contribution in [0.3, 0.4) is 0 Å². The van der Waals surface area contributed by atoms with Crippen molar-refractivity contribution in [2.24, 2.45) is 0 Å². The normalized spacial score (nSPS) is 9.00. The lowest BCUT2D eigenvalue weighted by Gasteiger charge is -1.84. The van der Waals surface area contributed by atoms with E-state index in [0.29, 0.717) is 18.8 Å². The Hall–Kier alpha value is 0.180. The highest BCUT2D eigenvalue weighted by atomic mass is 35.5. The van der Waals surface area contributed by atoms with Gasteiger partial charge in [0.25, 0.3) is 0 Å². The summed E-state index contributed by atoms with van der Waals surface area (Å²) in [5, 5.41) is 0. The zero-order valence-corrected chi connectivity index (χ0v) is 4.13. The van der Waals surface area contributed by atoms with Crippen molar-refractivity contribution in [1.82, 2.24) is 5.54 Å². The van der Waals surface area contributed by atoms with Crippen molar-refractivity contribution in [3.05, 3.63) is 0 Å². The molecular weight excluding hydrogens is 104 g/mol. The summed E-state index contributed by atoms with van der Waals surface area (Å²) in [6.45, 7) is 0.365. The first-order valence-corrected chi connectivity index (χ1v) is 2.34. The molecule has 0 aliphatic rings. The Labute approximate surface area is 41.4 Å². The number of nitrogens with one attached hydrogen (secondary N) is 1. The van der Waals surface area contributed by atoms with Gasteiger partial charge >= 0.3 is 0 Å². The van der Waals surface area contributed by atoms with E-state index in [1.807, 2.05) is 0 Å². The standard InChI is InChI=1S/C3H7ClFN/c4-2-1-3-6-5/h6H,1-3H2. The monoisotopic (exact) mass is 111 g/mol. The summed E-state index contributed by atoms with van der Waals surface area (Å²) in [5.74, 6) is 0.525. The van der Waals surface area contributed by atoms with Crippen molar-refractivity contribution in [2.75, 3.05) is 12.4 Å².